The van der Waals surface area contributed by atoms with Gasteiger partial charge in [0.05, 0.1) is 21.9 Å². The van der Waals surface area contributed by atoms with Crippen LogP contribution in [-0.2, 0) is 23.9 Å². The molecule has 2 N–H and O–H groups in total. The highest BCUT2D eigenvalue weighted by molar-refractivity contribution is 5.85. The number of halogens is 3. The quantitative estimate of drug-likeness (QED) is 0.351. The van der Waals surface area contributed by atoms with Gasteiger partial charge >= 0.3 is 6.18 Å². The lowest BCUT2D eigenvalue weighted by molar-refractivity contribution is -0.137. The third-order valence-corrected chi connectivity index (χ3v) is 7.16. The van der Waals surface area contributed by atoms with Crippen LogP contribution >= 0.6 is 0 Å². The van der Waals surface area contributed by atoms with Crippen molar-refractivity contribution in [2.45, 2.75) is 32.0 Å². The van der Waals surface area contributed by atoms with Crippen molar-refractivity contribution >= 4 is 22.8 Å². The summed E-state index contributed by atoms with van der Waals surface area (Å²) >= 11 is 0. The van der Waals surface area contributed by atoms with E-state index in [0.717, 1.165) is 23.3 Å². The van der Waals surface area contributed by atoms with Gasteiger partial charge in [0.1, 0.15) is 0 Å². The van der Waals surface area contributed by atoms with Crippen LogP contribution in [0.1, 0.15) is 29.5 Å². The maximum atomic E-state index is 13.6. The second-order valence-corrected chi connectivity index (χ2v) is 9.67. The molecule has 5 rings (SSSR count). The fourth-order valence-corrected chi connectivity index (χ4v) is 4.99. The summed E-state index contributed by atoms with van der Waals surface area (Å²) < 4.78 is 39.7. The molecule has 0 bridgehead atoms. The van der Waals surface area contributed by atoms with Crippen LogP contribution in [0.3, 0.4) is 0 Å². The van der Waals surface area contributed by atoms with E-state index < -0.39 is 17.2 Å². The summed E-state index contributed by atoms with van der Waals surface area (Å²) in [6.07, 6.45) is -2.98. The average Bonchev–Trinajstić information content (AvgIpc) is 2.92. The molecule has 0 radical (unpaired) electrons. The van der Waals surface area contributed by atoms with Gasteiger partial charge in [-0.3, -0.25) is 4.79 Å². The summed E-state index contributed by atoms with van der Waals surface area (Å²) in [4.78, 5) is 23.9. The molecule has 4 aromatic rings. The molecule has 0 saturated carbocycles. The zero-order valence-electron chi connectivity index (χ0n) is 20.6. The largest absolute Gasteiger partial charge is 0.493 e. The van der Waals surface area contributed by atoms with Gasteiger partial charge in [0.25, 0.3) is 0 Å². The maximum Gasteiger partial charge on any atom is 0.416 e. The highest BCUT2D eigenvalue weighted by atomic mass is 19.4. The van der Waals surface area contributed by atoms with Crippen LogP contribution in [-0.4, -0.2) is 34.1 Å². The molecule has 0 aliphatic carbocycles. The lowest BCUT2D eigenvalue weighted by Crippen LogP contribution is -2.50. The Morgan fingerprint density at radius 1 is 0.921 bits per heavy atom. The molecule has 1 aliphatic heterocycles. The maximum absolute atomic E-state index is 13.6. The molecule has 3 aromatic carbocycles. The Labute approximate surface area is 218 Å². The van der Waals surface area contributed by atoms with Crippen molar-refractivity contribution in [3.63, 3.8) is 0 Å². The van der Waals surface area contributed by atoms with Crippen LogP contribution in [0.5, 0.6) is 5.88 Å². The van der Waals surface area contributed by atoms with Crippen molar-refractivity contribution in [2.24, 2.45) is 5.41 Å². The number of benzene rings is 3. The van der Waals surface area contributed by atoms with Gasteiger partial charge in [-0.1, -0.05) is 60.7 Å². The van der Waals surface area contributed by atoms with E-state index in [2.05, 4.69) is 15.3 Å². The third-order valence-electron chi connectivity index (χ3n) is 7.16. The number of aromatic hydroxyl groups is 1. The molecule has 1 aliphatic rings. The molecular formula is C29H27F3N4O2. The lowest BCUT2D eigenvalue weighted by atomic mass is 9.73. The molecule has 1 saturated heterocycles. The Balaban J connectivity index is 1.38. The zero-order valence-corrected chi connectivity index (χ0v) is 20.6. The highest BCUT2D eigenvalue weighted by Gasteiger charge is 2.42. The number of anilines is 1. The monoisotopic (exact) mass is 520 g/mol. The van der Waals surface area contributed by atoms with E-state index in [-0.39, 0.29) is 28.6 Å². The highest BCUT2D eigenvalue weighted by Crippen LogP contribution is 2.38. The molecule has 0 unspecified atom stereocenters. The van der Waals surface area contributed by atoms with E-state index in [9.17, 15) is 23.1 Å². The number of fused-ring (bicyclic) bond motifs is 1. The molecule has 1 fully saturated rings. The smallest absolute Gasteiger partial charge is 0.416 e. The molecule has 9 heteroatoms. The van der Waals surface area contributed by atoms with Crippen LogP contribution in [0.15, 0.2) is 78.9 Å². The van der Waals surface area contributed by atoms with Crippen LogP contribution in [0.4, 0.5) is 19.1 Å². The van der Waals surface area contributed by atoms with E-state index in [4.69, 9.17) is 0 Å². The Bertz CT molecular complexity index is 1420. The molecule has 2 heterocycles. The summed E-state index contributed by atoms with van der Waals surface area (Å²) in [6, 6.07) is 22.5. The number of carbonyl (C=O) groups excluding carboxylic acids is 1. The molecule has 196 valence electrons. The molecular weight excluding hydrogens is 493 g/mol. The van der Waals surface area contributed by atoms with Gasteiger partial charge in [-0.25, -0.2) is 4.98 Å². The van der Waals surface area contributed by atoms with Crippen LogP contribution in [0.25, 0.3) is 10.9 Å². The molecule has 0 spiro atoms. The zero-order chi connectivity index (χ0) is 26.8. The Kier molecular flexibility index (Phi) is 6.93. The molecule has 0 atom stereocenters. The topological polar surface area (TPSA) is 78.4 Å². The fourth-order valence-electron chi connectivity index (χ4n) is 4.99. The number of alkyl halides is 3. The van der Waals surface area contributed by atoms with Gasteiger partial charge in [0, 0.05) is 19.6 Å². The number of rotatable bonds is 6. The SMILES string of the molecule is O=C(NCc1ccccc1)C1(Cc2ccccc2)CCN(c2nc(O)c3ccc(C(F)(F)F)cc3n2)CC1. The van der Waals surface area contributed by atoms with Crippen LogP contribution in [0.2, 0.25) is 0 Å². The number of carbonyl (C=O) groups is 1. The second-order valence-electron chi connectivity index (χ2n) is 9.67. The van der Waals surface area contributed by atoms with E-state index in [1.165, 1.54) is 6.07 Å². The van der Waals surface area contributed by atoms with E-state index in [1.807, 2.05) is 65.6 Å². The molecule has 1 aromatic heterocycles. The normalized spacial score (nSPS) is 15.4. The van der Waals surface area contributed by atoms with Crippen molar-refractivity contribution in [1.82, 2.24) is 15.3 Å². The number of nitrogens with zero attached hydrogens (tertiary/aromatic N) is 3. The minimum absolute atomic E-state index is 0.0176. The van der Waals surface area contributed by atoms with E-state index in [0.29, 0.717) is 38.9 Å². The van der Waals surface area contributed by atoms with Crippen LogP contribution in [0, 0.1) is 5.41 Å². The summed E-state index contributed by atoms with van der Waals surface area (Å²) in [5.41, 5.74) is 0.560. The average molecular weight is 521 g/mol. The van der Waals surface area contributed by atoms with Crippen molar-refractivity contribution in [2.75, 3.05) is 18.0 Å². The van der Waals surface area contributed by atoms with Gasteiger partial charge in [0.15, 0.2) is 0 Å². The van der Waals surface area contributed by atoms with Gasteiger partial charge in [-0.2, -0.15) is 18.2 Å². The van der Waals surface area contributed by atoms with Crippen molar-refractivity contribution < 1.29 is 23.1 Å². The predicted octanol–water partition coefficient (Wildman–Crippen LogP) is 5.50. The van der Waals surface area contributed by atoms with Crippen LogP contribution < -0.4 is 10.2 Å². The first kappa shape index (κ1) is 25.5. The Hall–Kier alpha value is -4.14. The summed E-state index contributed by atoms with van der Waals surface area (Å²) in [5.74, 6) is -0.269. The minimum Gasteiger partial charge on any atom is -0.493 e. The number of aromatic nitrogens is 2. The predicted molar refractivity (Wildman–Crippen MR) is 139 cm³/mol. The van der Waals surface area contributed by atoms with Crippen molar-refractivity contribution in [3.05, 3.63) is 95.6 Å². The minimum atomic E-state index is -4.52. The first-order valence-electron chi connectivity index (χ1n) is 12.4. The third kappa shape index (κ3) is 5.41. The number of amides is 1. The van der Waals surface area contributed by atoms with Gasteiger partial charge < -0.3 is 15.3 Å². The number of hydrogen-bond acceptors (Lipinski definition) is 5. The van der Waals surface area contributed by atoms with Gasteiger partial charge in [-0.15, -0.1) is 0 Å². The van der Waals surface area contributed by atoms with Crippen molar-refractivity contribution in [3.8, 4) is 5.88 Å². The summed E-state index contributed by atoms with van der Waals surface area (Å²) in [5, 5.41) is 13.7. The summed E-state index contributed by atoms with van der Waals surface area (Å²) in [6.45, 7) is 1.24. The molecule has 6 nitrogen and oxygen atoms in total. The lowest BCUT2D eigenvalue weighted by Gasteiger charge is -2.41. The first-order chi connectivity index (χ1) is 18.2. The Morgan fingerprint density at radius 2 is 1.55 bits per heavy atom. The van der Waals surface area contributed by atoms with E-state index >= 15 is 0 Å². The molecule has 38 heavy (non-hydrogen) atoms. The second kappa shape index (κ2) is 10.3. The van der Waals surface area contributed by atoms with E-state index in [1.54, 1.807) is 0 Å². The number of nitrogens with one attached hydrogen (secondary N) is 1. The Morgan fingerprint density at radius 3 is 2.18 bits per heavy atom. The van der Waals surface area contributed by atoms with Crippen molar-refractivity contribution in [1.29, 1.82) is 0 Å². The standard InChI is InChI=1S/C29H27F3N4O2/c30-29(31,32)22-11-12-23-24(17-22)34-27(35-25(23)37)36-15-13-28(14-16-36,18-20-7-3-1-4-8-20)26(38)33-19-21-9-5-2-6-10-21/h1-12,17H,13-16,18-19H2,(H,33,38)(H,34,35,37). The van der Waals surface area contributed by atoms with Gasteiger partial charge in [0.2, 0.25) is 17.7 Å². The fraction of sp³-hybridized carbons (Fsp3) is 0.276. The first-order valence-corrected chi connectivity index (χ1v) is 12.4. The summed E-state index contributed by atoms with van der Waals surface area (Å²) in [7, 11) is 0. The number of piperidine rings is 1. The number of hydrogen-bond donors (Lipinski definition) is 2. The molecule has 1 amide bonds. The van der Waals surface area contributed by atoms with Gasteiger partial charge in [-0.05, 0) is 48.6 Å².